The van der Waals surface area contributed by atoms with E-state index in [1.54, 1.807) is 12.1 Å². The van der Waals surface area contributed by atoms with E-state index in [1.807, 2.05) is 30.3 Å². The van der Waals surface area contributed by atoms with Crippen LogP contribution in [0.5, 0.6) is 0 Å². The van der Waals surface area contributed by atoms with Gasteiger partial charge in [-0.25, -0.2) is 13.1 Å². The first-order valence-electron chi connectivity index (χ1n) is 7.53. The van der Waals surface area contributed by atoms with Gasteiger partial charge in [0.2, 0.25) is 15.9 Å². The number of hydrogen-bond acceptors (Lipinski definition) is 3. The minimum Gasteiger partial charge on any atom is -0.345 e. The molecule has 1 amide bonds. The SMILES string of the molecule is O=C(CCNS(=O)(=O)c1ccc(Br)cc1)NCC#Cc1ccccc1. The zero-order valence-electron chi connectivity index (χ0n) is 13.3. The van der Waals surface area contributed by atoms with E-state index in [9.17, 15) is 13.2 Å². The molecule has 0 fully saturated rings. The summed E-state index contributed by atoms with van der Waals surface area (Å²) in [4.78, 5) is 11.9. The molecule has 0 spiro atoms. The Morgan fingerprint density at radius 3 is 2.40 bits per heavy atom. The van der Waals surface area contributed by atoms with Crippen LogP contribution in [0.4, 0.5) is 0 Å². The highest BCUT2D eigenvalue weighted by atomic mass is 79.9. The highest BCUT2D eigenvalue weighted by Gasteiger charge is 2.13. The van der Waals surface area contributed by atoms with Gasteiger partial charge in [0.1, 0.15) is 0 Å². The average molecular weight is 421 g/mol. The van der Waals surface area contributed by atoms with Crippen molar-refractivity contribution in [2.75, 3.05) is 13.1 Å². The third kappa shape index (κ3) is 6.70. The number of amides is 1. The van der Waals surface area contributed by atoms with Gasteiger partial charge in [-0.05, 0) is 36.4 Å². The molecule has 0 saturated heterocycles. The molecule has 2 rings (SSSR count). The van der Waals surface area contributed by atoms with E-state index in [-0.39, 0.29) is 30.3 Å². The molecule has 0 bridgehead atoms. The lowest BCUT2D eigenvalue weighted by Gasteiger charge is -2.06. The molecule has 0 saturated carbocycles. The molecule has 5 nitrogen and oxygen atoms in total. The summed E-state index contributed by atoms with van der Waals surface area (Å²) in [6, 6.07) is 15.7. The maximum absolute atomic E-state index is 12.1. The van der Waals surface area contributed by atoms with Gasteiger partial charge in [0, 0.05) is 23.0 Å². The van der Waals surface area contributed by atoms with Gasteiger partial charge < -0.3 is 5.32 Å². The van der Waals surface area contributed by atoms with Crippen molar-refractivity contribution in [3.63, 3.8) is 0 Å². The molecule has 0 aliphatic rings. The zero-order chi connectivity index (χ0) is 18.1. The van der Waals surface area contributed by atoms with Gasteiger partial charge in [0.25, 0.3) is 0 Å². The summed E-state index contributed by atoms with van der Waals surface area (Å²) in [6.45, 7) is 0.240. The van der Waals surface area contributed by atoms with Crippen molar-refractivity contribution < 1.29 is 13.2 Å². The van der Waals surface area contributed by atoms with E-state index in [0.29, 0.717) is 0 Å². The van der Waals surface area contributed by atoms with Crippen LogP contribution in [-0.2, 0) is 14.8 Å². The molecule has 0 aliphatic carbocycles. The van der Waals surface area contributed by atoms with E-state index >= 15 is 0 Å². The number of hydrogen-bond donors (Lipinski definition) is 2. The molecule has 0 atom stereocenters. The van der Waals surface area contributed by atoms with Crippen molar-refractivity contribution in [2.45, 2.75) is 11.3 Å². The maximum atomic E-state index is 12.1. The molecule has 2 N–H and O–H groups in total. The molecule has 2 aromatic carbocycles. The molecule has 7 heteroatoms. The molecule has 0 radical (unpaired) electrons. The molecule has 0 aliphatic heterocycles. The lowest BCUT2D eigenvalue weighted by Crippen LogP contribution is -2.31. The Bertz CT molecular complexity index is 870. The average Bonchev–Trinajstić information content (AvgIpc) is 2.60. The quantitative estimate of drug-likeness (QED) is 0.703. The summed E-state index contributed by atoms with van der Waals surface area (Å²) in [5.41, 5.74) is 0.874. The van der Waals surface area contributed by atoms with Crippen LogP contribution in [0.2, 0.25) is 0 Å². The van der Waals surface area contributed by atoms with Crippen LogP contribution < -0.4 is 10.0 Å². The smallest absolute Gasteiger partial charge is 0.240 e. The molecule has 130 valence electrons. The van der Waals surface area contributed by atoms with Crippen LogP contribution in [0.3, 0.4) is 0 Å². The second-order valence-electron chi connectivity index (χ2n) is 5.05. The molecule has 0 heterocycles. The van der Waals surface area contributed by atoms with Crippen molar-refractivity contribution in [1.82, 2.24) is 10.0 Å². The monoisotopic (exact) mass is 420 g/mol. The predicted molar refractivity (Wildman–Crippen MR) is 100 cm³/mol. The van der Waals surface area contributed by atoms with Crippen LogP contribution in [0, 0.1) is 11.8 Å². The van der Waals surface area contributed by atoms with Gasteiger partial charge in [0.05, 0.1) is 11.4 Å². The van der Waals surface area contributed by atoms with Gasteiger partial charge >= 0.3 is 0 Å². The number of sulfonamides is 1. The van der Waals surface area contributed by atoms with Crippen molar-refractivity contribution in [1.29, 1.82) is 0 Å². The standard InChI is InChI=1S/C18H17BrN2O3S/c19-16-8-10-17(11-9-16)25(23,24)21-14-12-18(22)20-13-4-7-15-5-2-1-3-6-15/h1-3,5-6,8-11,21H,12-14H2,(H,20,22). The highest BCUT2D eigenvalue weighted by molar-refractivity contribution is 9.10. The van der Waals surface area contributed by atoms with Crippen LogP contribution >= 0.6 is 15.9 Å². The second-order valence-corrected chi connectivity index (χ2v) is 7.73. The van der Waals surface area contributed by atoms with Gasteiger partial charge in [-0.3, -0.25) is 4.79 Å². The summed E-state index contributed by atoms with van der Waals surface area (Å²) < 4.78 is 27.3. The fraction of sp³-hybridized carbons (Fsp3) is 0.167. The zero-order valence-corrected chi connectivity index (χ0v) is 15.7. The number of carbonyl (C=O) groups is 1. The van der Waals surface area contributed by atoms with E-state index in [0.717, 1.165) is 10.0 Å². The van der Waals surface area contributed by atoms with Crippen molar-refractivity contribution >= 4 is 31.9 Å². The van der Waals surface area contributed by atoms with Crippen molar-refractivity contribution in [3.8, 4) is 11.8 Å². The van der Waals surface area contributed by atoms with E-state index in [1.165, 1.54) is 12.1 Å². The molecule has 0 unspecified atom stereocenters. The normalized spacial score (nSPS) is 10.6. The van der Waals surface area contributed by atoms with E-state index in [2.05, 4.69) is 37.8 Å². The van der Waals surface area contributed by atoms with Crippen molar-refractivity contribution in [3.05, 3.63) is 64.6 Å². The van der Waals surface area contributed by atoms with Crippen LogP contribution in [-0.4, -0.2) is 27.4 Å². The summed E-state index contributed by atoms with van der Waals surface area (Å²) in [5, 5.41) is 2.63. The van der Waals surface area contributed by atoms with Crippen LogP contribution in [0.15, 0.2) is 64.0 Å². The topological polar surface area (TPSA) is 75.3 Å². The maximum Gasteiger partial charge on any atom is 0.240 e. The fourth-order valence-electron chi connectivity index (χ4n) is 1.89. The largest absolute Gasteiger partial charge is 0.345 e. The number of nitrogens with one attached hydrogen (secondary N) is 2. The first kappa shape index (κ1) is 19.2. The van der Waals surface area contributed by atoms with Gasteiger partial charge in [0.15, 0.2) is 0 Å². The molecule has 0 aromatic heterocycles. The molecule has 2 aromatic rings. The number of rotatable bonds is 6. The third-order valence-electron chi connectivity index (χ3n) is 3.15. The Morgan fingerprint density at radius 2 is 1.72 bits per heavy atom. The third-order valence-corrected chi connectivity index (χ3v) is 5.15. The van der Waals surface area contributed by atoms with E-state index in [4.69, 9.17) is 0 Å². The lowest BCUT2D eigenvalue weighted by atomic mass is 10.2. The second kappa shape index (κ2) is 9.37. The van der Waals surface area contributed by atoms with Gasteiger partial charge in [-0.2, -0.15) is 0 Å². The fourth-order valence-corrected chi connectivity index (χ4v) is 3.19. The van der Waals surface area contributed by atoms with Crippen LogP contribution in [0.1, 0.15) is 12.0 Å². The van der Waals surface area contributed by atoms with Crippen LogP contribution in [0.25, 0.3) is 0 Å². The summed E-state index contributed by atoms with van der Waals surface area (Å²) in [7, 11) is -3.61. The number of halogens is 1. The Kier molecular flexibility index (Phi) is 7.19. The summed E-state index contributed by atoms with van der Waals surface area (Å²) in [6.07, 6.45) is 0.0444. The lowest BCUT2D eigenvalue weighted by molar-refractivity contribution is -0.120. The minimum atomic E-state index is -3.61. The van der Waals surface area contributed by atoms with Gasteiger partial charge in [-0.1, -0.05) is 46.0 Å². The summed E-state index contributed by atoms with van der Waals surface area (Å²) >= 11 is 3.25. The van der Waals surface area contributed by atoms with E-state index < -0.39 is 10.0 Å². The summed E-state index contributed by atoms with van der Waals surface area (Å²) in [5.74, 6) is 5.51. The minimum absolute atomic E-state index is 0.0242. The number of carbonyl (C=O) groups excluding carboxylic acids is 1. The predicted octanol–water partition coefficient (Wildman–Crippen LogP) is 2.29. The molecule has 25 heavy (non-hydrogen) atoms. The Labute approximate surface area is 156 Å². The Hall–Kier alpha value is -2.14. The Morgan fingerprint density at radius 1 is 1.04 bits per heavy atom. The van der Waals surface area contributed by atoms with Gasteiger partial charge in [-0.15, -0.1) is 0 Å². The molecular weight excluding hydrogens is 404 g/mol. The first-order chi connectivity index (χ1) is 12.0. The first-order valence-corrected chi connectivity index (χ1v) is 9.81. The van der Waals surface area contributed by atoms with Crippen molar-refractivity contribution in [2.24, 2.45) is 0 Å². The number of benzene rings is 2. The Balaban J connectivity index is 1.73. The molecular formula is C18H17BrN2O3S. The highest BCUT2D eigenvalue weighted by Crippen LogP contribution is 2.14.